The Morgan fingerprint density at radius 3 is 1.74 bits per heavy atom. The Hall–Kier alpha value is -7.18. The number of carbonyl (C=O) groups is 12. The predicted octanol–water partition coefficient (Wildman–Crippen LogP) is -3.44. The highest BCUT2D eigenvalue weighted by Gasteiger charge is 2.39. The van der Waals surface area contributed by atoms with E-state index in [1.807, 2.05) is 0 Å². The van der Waals surface area contributed by atoms with Crippen LogP contribution in [-0.2, 0) is 64.0 Å². The summed E-state index contributed by atoms with van der Waals surface area (Å²) in [4.78, 5) is 153. The minimum atomic E-state index is -1.81. The van der Waals surface area contributed by atoms with Crippen LogP contribution in [0.5, 0.6) is 0 Å². The van der Waals surface area contributed by atoms with Gasteiger partial charge in [-0.3, -0.25) is 52.7 Å². The minimum absolute atomic E-state index is 0.0267. The Morgan fingerprint density at radius 1 is 0.652 bits per heavy atom. The Balaban J connectivity index is 2.22. The van der Waals surface area contributed by atoms with Gasteiger partial charge in [0.1, 0.15) is 48.3 Å². The summed E-state index contributed by atoms with van der Waals surface area (Å²) in [6.07, 6.45) is -2.26. The first kappa shape index (κ1) is 55.0. The summed E-state index contributed by atoms with van der Waals surface area (Å²) in [5.74, 6) is -13.9. The number of hydrogen-bond donors (Lipinski definition) is 12. The van der Waals surface area contributed by atoms with Gasteiger partial charge < -0.3 is 68.3 Å². The monoisotopic (exact) mass is 933 g/mol. The second-order valence-electron chi connectivity index (χ2n) is 15.7. The maximum atomic E-state index is 13.8. The molecule has 0 bridgehead atoms. The van der Waals surface area contributed by atoms with Crippen molar-refractivity contribution in [2.75, 3.05) is 13.1 Å². The molecule has 0 spiro atoms. The molecular formula is C41H59N9O16. The summed E-state index contributed by atoms with van der Waals surface area (Å²) in [6, 6.07) is -3.53. The molecule has 1 heterocycles. The zero-order valence-electron chi connectivity index (χ0n) is 36.9. The van der Waals surface area contributed by atoms with E-state index in [4.69, 9.17) is 10.8 Å². The lowest BCUT2D eigenvalue weighted by molar-refractivity contribution is -0.145. The Kier molecular flexibility index (Phi) is 22.1. The van der Waals surface area contributed by atoms with Crippen LogP contribution in [0.1, 0.15) is 78.2 Å². The highest BCUT2D eigenvalue weighted by atomic mass is 16.4. The van der Waals surface area contributed by atoms with Crippen LogP contribution in [0.25, 0.3) is 0 Å². The molecule has 1 aromatic rings. The second-order valence-corrected chi connectivity index (χ2v) is 15.7. The van der Waals surface area contributed by atoms with Crippen LogP contribution in [0.2, 0.25) is 0 Å². The molecule has 13 N–H and O–H groups in total. The number of nitrogens with one attached hydrogen (secondary N) is 7. The standard InChI is InChI=1S/C41H59N9O16/c1-5-20(2)33(49-34(58)21(3)43-35(59)25(16-23-10-7-6-8-11-23)47-37(61)26(17-31(54)55)45-29(51)19-42)39(63)48-27(18-32(56)57)36(60)44-22(4)40(64)50-15-9-12-28(50)38(62)46-24(41(65)66)13-14-30(52)53/h6-8,10-11,20-22,24-28,33H,5,9,12-19,42H2,1-4H3,(H,43,59)(H,44,60)(H,45,51)(H,46,62)(H,47,61)(H,48,63)(H,49,58)(H,52,53)(H,54,55)(H,56,57)(H,65,66)/t20-,21-,22-,24-,25-,26-,27-,28-,33-/m0/s1. The van der Waals surface area contributed by atoms with E-state index in [0.717, 1.165) is 4.90 Å². The number of likely N-dealkylation sites (tertiary alicyclic amines) is 1. The van der Waals surface area contributed by atoms with Crippen LogP contribution in [0, 0.1) is 5.92 Å². The smallest absolute Gasteiger partial charge is 0.326 e. The highest BCUT2D eigenvalue weighted by Crippen LogP contribution is 2.19. The van der Waals surface area contributed by atoms with E-state index in [-0.39, 0.29) is 25.8 Å². The van der Waals surface area contributed by atoms with Gasteiger partial charge in [-0.05, 0) is 44.6 Å². The topological polar surface area (TPSA) is 399 Å². The van der Waals surface area contributed by atoms with Crippen molar-refractivity contribution in [1.29, 1.82) is 0 Å². The van der Waals surface area contributed by atoms with Gasteiger partial charge in [-0.15, -0.1) is 0 Å². The molecule has 0 aromatic heterocycles. The lowest BCUT2D eigenvalue weighted by atomic mass is 9.97. The number of nitrogens with two attached hydrogens (primary N) is 1. The molecule has 25 heteroatoms. The number of hydrogen-bond acceptors (Lipinski definition) is 13. The lowest BCUT2D eigenvalue weighted by Crippen LogP contribution is -2.61. The molecule has 66 heavy (non-hydrogen) atoms. The van der Waals surface area contributed by atoms with Crippen molar-refractivity contribution < 1.29 is 78.0 Å². The average Bonchev–Trinajstić information content (AvgIpc) is 3.75. The van der Waals surface area contributed by atoms with E-state index >= 15 is 0 Å². The van der Waals surface area contributed by atoms with Crippen molar-refractivity contribution in [3.05, 3.63) is 35.9 Å². The molecule has 0 unspecified atom stereocenters. The third kappa shape index (κ3) is 17.8. The zero-order chi connectivity index (χ0) is 49.8. The van der Waals surface area contributed by atoms with E-state index in [1.165, 1.54) is 13.8 Å². The first-order chi connectivity index (χ1) is 31.0. The highest BCUT2D eigenvalue weighted by molar-refractivity contribution is 5.99. The molecule has 8 amide bonds. The van der Waals surface area contributed by atoms with Crippen LogP contribution in [-0.4, -0.2) is 158 Å². The number of amides is 8. The summed E-state index contributed by atoms with van der Waals surface area (Å²) in [6.45, 7) is 5.20. The first-order valence-electron chi connectivity index (χ1n) is 21.0. The zero-order valence-corrected chi connectivity index (χ0v) is 36.9. The van der Waals surface area contributed by atoms with Crippen LogP contribution < -0.4 is 43.0 Å². The molecule has 1 fully saturated rings. The van der Waals surface area contributed by atoms with Gasteiger partial charge in [0.25, 0.3) is 0 Å². The molecule has 364 valence electrons. The molecule has 1 saturated heterocycles. The number of rotatable bonds is 27. The van der Waals surface area contributed by atoms with Crippen molar-refractivity contribution >= 4 is 71.1 Å². The first-order valence-corrected chi connectivity index (χ1v) is 21.0. The van der Waals surface area contributed by atoms with Crippen molar-refractivity contribution in [2.45, 2.75) is 127 Å². The molecular weight excluding hydrogens is 874 g/mol. The third-order valence-electron chi connectivity index (χ3n) is 10.5. The normalized spacial score (nSPS) is 16.8. The molecule has 1 aromatic carbocycles. The summed E-state index contributed by atoms with van der Waals surface area (Å²) in [5, 5.41) is 53.7. The van der Waals surface area contributed by atoms with Crippen LogP contribution in [0.4, 0.5) is 0 Å². The molecule has 1 aliphatic heterocycles. The Bertz CT molecular complexity index is 1970. The summed E-state index contributed by atoms with van der Waals surface area (Å²) in [7, 11) is 0. The number of benzene rings is 1. The molecule has 1 aliphatic rings. The molecule has 25 nitrogen and oxygen atoms in total. The number of carboxylic acids is 4. The van der Waals surface area contributed by atoms with Gasteiger partial charge in [0.15, 0.2) is 0 Å². The molecule has 2 rings (SSSR count). The Morgan fingerprint density at radius 2 is 1.20 bits per heavy atom. The average molecular weight is 934 g/mol. The predicted molar refractivity (Wildman–Crippen MR) is 227 cm³/mol. The quantitative estimate of drug-likeness (QED) is 0.0408. The fourth-order valence-corrected chi connectivity index (χ4v) is 6.69. The van der Waals surface area contributed by atoms with Gasteiger partial charge in [0, 0.05) is 19.4 Å². The molecule has 0 saturated carbocycles. The lowest BCUT2D eigenvalue weighted by Gasteiger charge is -2.30. The van der Waals surface area contributed by atoms with E-state index in [0.29, 0.717) is 12.0 Å². The number of aliphatic carboxylic acids is 4. The Labute approximate surface area is 378 Å². The van der Waals surface area contributed by atoms with E-state index in [2.05, 4.69) is 37.2 Å². The van der Waals surface area contributed by atoms with Crippen LogP contribution in [0.3, 0.4) is 0 Å². The second kappa shape index (κ2) is 26.6. The van der Waals surface area contributed by atoms with Gasteiger partial charge in [0.05, 0.1) is 19.4 Å². The van der Waals surface area contributed by atoms with Crippen LogP contribution >= 0.6 is 0 Å². The number of nitrogens with zero attached hydrogens (tertiary/aromatic N) is 1. The van der Waals surface area contributed by atoms with Crippen molar-refractivity contribution in [3.63, 3.8) is 0 Å². The van der Waals surface area contributed by atoms with E-state index in [9.17, 15) is 72.9 Å². The van der Waals surface area contributed by atoms with Crippen molar-refractivity contribution in [2.24, 2.45) is 11.7 Å². The SMILES string of the molecule is CC[C@H](C)[C@H](NC(=O)[C@H](C)NC(=O)[C@H](Cc1ccccc1)NC(=O)[C@H](CC(=O)O)NC(=O)CN)C(=O)N[C@@H](CC(=O)O)C(=O)N[C@@H](C)C(=O)N1CCC[C@H]1C(=O)N[C@@H](CCC(=O)O)C(=O)O. The fourth-order valence-electron chi connectivity index (χ4n) is 6.69. The molecule has 9 atom stereocenters. The van der Waals surface area contributed by atoms with Gasteiger partial charge >= 0.3 is 23.9 Å². The van der Waals surface area contributed by atoms with Gasteiger partial charge in [-0.2, -0.15) is 0 Å². The van der Waals surface area contributed by atoms with Gasteiger partial charge in [-0.1, -0.05) is 50.6 Å². The maximum Gasteiger partial charge on any atom is 0.326 e. The third-order valence-corrected chi connectivity index (χ3v) is 10.5. The molecule has 0 aliphatic carbocycles. The van der Waals surface area contributed by atoms with Crippen molar-refractivity contribution in [3.8, 4) is 0 Å². The molecule has 0 radical (unpaired) electrons. The largest absolute Gasteiger partial charge is 0.481 e. The minimum Gasteiger partial charge on any atom is -0.481 e. The summed E-state index contributed by atoms with van der Waals surface area (Å²) >= 11 is 0. The fraction of sp³-hybridized carbons (Fsp3) is 0.561. The van der Waals surface area contributed by atoms with E-state index in [1.54, 1.807) is 44.2 Å². The number of carboxylic acid groups (broad SMARTS) is 4. The summed E-state index contributed by atoms with van der Waals surface area (Å²) < 4.78 is 0. The van der Waals surface area contributed by atoms with Crippen LogP contribution in [0.15, 0.2) is 30.3 Å². The van der Waals surface area contributed by atoms with E-state index < -0.39 is 158 Å². The maximum absolute atomic E-state index is 13.8. The van der Waals surface area contributed by atoms with Gasteiger partial charge in [-0.25, -0.2) is 4.79 Å². The van der Waals surface area contributed by atoms with Gasteiger partial charge in [0.2, 0.25) is 47.3 Å². The summed E-state index contributed by atoms with van der Waals surface area (Å²) in [5.41, 5.74) is 5.85. The van der Waals surface area contributed by atoms with Crippen molar-refractivity contribution in [1.82, 2.24) is 42.1 Å². The number of carbonyl (C=O) groups excluding carboxylic acids is 8.